The fraction of sp³-hybridized carbons (Fsp3) is 0.692. The Balaban J connectivity index is 2.17. The Morgan fingerprint density at radius 3 is 2.82 bits per heavy atom. The minimum absolute atomic E-state index is 0.0565. The van der Waals surface area contributed by atoms with E-state index < -0.39 is 0 Å². The second-order valence-corrected chi connectivity index (χ2v) is 5.55. The Morgan fingerprint density at radius 2 is 2.35 bits per heavy atom. The first-order chi connectivity index (χ1) is 8.01. The molecule has 1 N–H and O–H groups in total. The van der Waals surface area contributed by atoms with E-state index in [0.717, 1.165) is 19.3 Å². The summed E-state index contributed by atoms with van der Waals surface area (Å²) in [4.78, 5) is 11.5. The third kappa shape index (κ3) is 2.68. The summed E-state index contributed by atoms with van der Waals surface area (Å²) in [6.45, 7) is 4.41. The van der Waals surface area contributed by atoms with Gasteiger partial charge in [-0.15, -0.1) is 0 Å². The highest BCUT2D eigenvalue weighted by Gasteiger charge is 2.38. The van der Waals surface area contributed by atoms with E-state index in [0.29, 0.717) is 12.3 Å². The van der Waals surface area contributed by atoms with Crippen molar-refractivity contribution in [3.05, 3.63) is 18.0 Å². The Hall–Kier alpha value is -1.32. The average Bonchev–Trinajstić information content (AvgIpc) is 2.75. The van der Waals surface area contributed by atoms with Gasteiger partial charge in [0.15, 0.2) is 0 Å². The highest BCUT2D eigenvalue weighted by atomic mass is 16.2. The van der Waals surface area contributed by atoms with E-state index in [1.165, 1.54) is 5.69 Å². The van der Waals surface area contributed by atoms with Crippen molar-refractivity contribution in [1.29, 1.82) is 0 Å². The summed E-state index contributed by atoms with van der Waals surface area (Å²) >= 11 is 0. The van der Waals surface area contributed by atoms with Crippen molar-refractivity contribution in [3.63, 3.8) is 0 Å². The second-order valence-electron chi connectivity index (χ2n) is 5.55. The number of carbonyl (C=O) groups excluding carboxylic acids is 1. The van der Waals surface area contributed by atoms with Gasteiger partial charge in [0.25, 0.3) is 0 Å². The van der Waals surface area contributed by atoms with E-state index in [2.05, 4.69) is 24.3 Å². The number of amides is 1. The molecule has 1 fully saturated rings. The molecule has 1 saturated heterocycles. The average molecular weight is 235 g/mol. The van der Waals surface area contributed by atoms with Crippen LogP contribution in [0.1, 0.15) is 38.8 Å². The SMILES string of the molecule is CC(C)CC1(Cc2ccnn2C)CCC(=O)N1. The Bertz CT molecular complexity index is 411. The molecule has 0 saturated carbocycles. The molecule has 1 amide bonds. The molecule has 17 heavy (non-hydrogen) atoms. The maximum atomic E-state index is 11.5. The molecule has 0 radical (unpaired) electrons. The standard InChI is InChI=1S/C13H21N3O/c1-10(2)8-13(6-4-12(17)15-13)9-11-5-7-14-16(11)3/h5,7,10H,4,6,8-9H2,1-3H3,(H,15,17). The van der Waals surface area contributed by atoms with Gasteiger partial charge in [-0.3, -0.25) is 9.48 Å². The first-order valence-corrected chi connectivity index (χ1v) is 6.29. The van der Waals surface area contributed by atoms with E-state index >= 15 is 0 Å². The lowest BCUT2D eigenvalue weighted by atomic mass is 9.83. The van der Waals surface area contributed by atoms with Crippen molar-refractivity contribution in [3.8, 4) is 0 Å². The van der Waals surface area contributed by atoms with Crippen LogP contribution in [0.3, 0.4) is 0 Å². The van der Waals surface area contributed by atoms with E-state index in [1.807, 2.05) is 24.0 Å². The molecule has 0 aliphatic carbocycles. The van der Waals surface area contributed by atoms with Gasteiger partial charge in [-0.2, -0.15) is 5.10 Å². The summed E-state index contributed by atoms with van der Waals surface area (Å²) in [6.07, 6.45) is 5.33. The fourth-order valence-electron chi connectivity index (χ4n) is 2.83. The molecule has 1 aromatic heterocycles. The molecule has 0 spiro atoms. The lowest BCUT2D eigenvalue weighted by Crippen LogP contribution is -2.45. The summed E-state index contributed by atoms with van der Waals surface area (Å²) in [5.74, 6) is 0.773. The smallest absolute Gasteiger partial charge is 0.220 e. The third-order valence-corrected chi connectivity index (χ3v) is 3.48. The number of hydrogen-bond donors (Lipinski definition) is 1. The Morgan fingerprint density at radius 1 is 1.59 bits per heavy atom. The van der Waals surface area contributed by atoms with E-state index in [-0.39, 0.29) is 11.4 Å². The topological polar surface area (TPSA) is 46.9 Å². The summed E-state index contributed by atoms with van der Waals surface area (Å²) in [6, 6.07) is 2.03. The Labute approximate surface area is 102 Å². The maximum absolute atomic E-state index is 11.5. The van der Waals surface area contributed by atoms with Gasteiger partial charge in [-0.1, -0.05) is 13.8 Å². The molecule has 2 rings (SSSR count). The summed E-state index contributed by atoms with van der Waals surface area (Å²) in [7, 11) is 1.95. The molecule has 1 unspecified atom stereocenters. The van der Waals surface area contributed by atoms with Crippen LogP contribution in [0.2, 0.25) is 0 Å². The van der Waals surface area contributed by atoms with Crippen LogP contribution in [0, 0.1) is 5.92 Å². The number of aryl methyl sites for hydroxylation is 1. The summed E-state index contributed by atoms with van der Waals surface area (Å²) < 4.78 is 1.90. The van der Waals surface area contributed by atoms with Crippen LogP contribution < -0.4 is 5.32 Å². The van der Waals surface area contributed by atoms with Crippen LogP contribution >= 0.6 is 0 Å². The number of nitrogens with zero attached hydrogens (tertiary/aromatic N) is 2. The molecular formula is C13H21N3O. The van der Waals surface area contributed by atoms with Gasteiger partial charge in [-0.05, 0) is 24.8 Å². The predicted octanol–water partition coefficient (Wildman–Crippen LogP) is 1.66. The van der Waals surface area contributed by atoms with Gasteiger partial charge in [0.05, 0.1) is 0 Å². The lowest BCUT2D eigenvalue weighted by Gasteiger charge is -2.31. The highest BCUT2D eigenvalue weighted by molar-refractivity contribution is 5.79. The minimum Gasteiger partial charge on any atom is -0.350 e. The van der Waals surface area contributed by atoms with E-state index in [1.54, 1.807) is 0 Å². The molecule has 1 aliphatic rings. The first kappa shape index (κ1) is 12.1. The van der Waals surface area contributed by atoms with Gasteiger partial charge >= 0.3 is 0 Å². The molecule has 4 nitrogen and oxygen atoms in total. The van der Waals surface area contributed by atoms with E-state index in [4.69, 9.17) is 0 Å². The van der Waals surface area contributed by atoms with Gasteiger partial charge in [0.2, 0.25) is 5.91 Å². The van der Waals surface area contributed by atoms with Crippen LogP contribution in [0.25, 0.3) is 0 Å². The minimum atomic E-state index is -0.0565. The largest absolute Gasteiger partial charge is 0.350 e. The lowest BCUT2D eigenvalue weighted by molar-refractivity contribution is -0.119. The van der Waals surface area contributed by atoms with E-state index in [9.17, 15) is 4.79 Å². The summed E-state index contributed by atoms with van der Waals surface area (Å²) in [5, 5.41) is 7.38. The molecular weight excluding hydrogens is 214 g/mol. The zero-order chi connectivity index (χ0) is 12.5. The van der Waals surface area contributed by atoms with Gasteiger partial charge in [-0.25, -0.2) is 0 Å². The van der Waals surface area contributed by atoms with Crippen LogP contribution in [0.5, 0.6) is 0 Å². The number of rotatable bonds is 4. The fourth-order valence-corrected chi connectivity index (χ4v) is 2.83. The molecule has 94 valence electrons. The quantitative estimate of drug-likeness (QED) is 0.862. The summed E-state index contributed by atoms with van der Waals surface area (Å²) in [5.41, 5.74) is 1.13. The second kappa shape index (κ2) is 4.51. The molecule has 0 bridgehead atoms. The number of nitrogens with one attached hydrogen (secondary N) is 1. The Kier molecular flexibility index (Phi) is 3.22. The molecule has 0 aromatic carbocycles. The number of aromatic nitrogens is 2. The van der Waals surface area contributed by atoms with Crippen LogP contribution in [-0.2, 0) is 18.3 Å². The van der Waals surface area contributed by atoms with Crippen molar-refractivity contribution >= 4 is 5.91 Å². The highest BCUT2D eigenvalue weighted by Crippen LogP contribution is 2.30. The molecule has 1 aliphatic heterocycles. The van der Waals surface area contributed by atoms with Crippen LogP contribution in [-0.4, -0.2) is 21.2 Å². The number of carbonyl (C=O) groups is 1. The molecule has 4 heteroatoms. The van der Waals surface area contributed by atoms with Gasteiger partial charge in [0.1, 0.15) is 0 Å². The zero-order valence-corrected chi connectivity index (χ0v) is 10.9. The van der Waals surface area contributed by atoms with Gasteiger partial charge < -0.3 is 5.32 Å². The zero-order valence-electron chi connectivity index (χ0n) is 10.9. The van der Waals surface area contributed by atoms with Crippen molar-refractivity contribution < 1.29 is 4.79 Å². The molecule has 1 atom stereocenters. The maximum Gasteiger partial charge on any atom is 0.220 e. The van der Waals surface area contributed by atoms with Crippen LogP contribution in [0.15, 0.2) is 12.3 Å². The number of hydrogen-bond acceptors (Lipinski definition) is 2. The molecule has 2 heterocycles. The molecule has 1 aromatic rings. The van der Waals surface area contributed by atoms with Crippen LogP contribution in [0.4, 0.5) is 0 Å². The van der Waals surface area contributed by atoms with Crippen molar-refractivity contribution in [2.24, 2.45) is 13.0 Å². The normalized spacial score (nSPS) is 24.4. The monoisotopic (exact) mass is 235 g/mol. The first-order valence-electron chi connectivity index (χ1n) is 6.29. The third-order valence-electron chi connectivity index (χ3n) is 3.48. The van der Waals surface area contributed by atoms with Crippen molar-refractivity contribution in [2.75, 3.05) is 0 Å². The van der Waals surface area contributed by atoms with Crippen molar-refractivity contribution in [2.45, 2.75) is 45.1 Å². The van der Waals surface area contributed by atoms with Crippen molar-refractivity contribution in [1.82, 2.24) is 15.1 Å². The predicted molar refractivity (Wildman–Crippen MR) is 66.5 cm³/mol. The van der Waals surface area contributed by atoms with Gasteiger partial charge in [0, 0.05) is 37.3 Å².